The molecule has 0 spiro atoms. The van der Waals surface area contributed by atoms with E-state index in [0.29, 0.717) is 28.9 Å². The van der Waals surface area contributed by atoms with Gasteiger partial charge in [0, 0.05) is 18.3 Å². The predicted octanol–water partition coefficient (Wildman–Crippen LogP) is 2.23. The third-order valence-electron chi connectivity index (χ3n) is 3.31. The smallest absolute Gasteiger partial charge is 0.258 e. The lowest BCUT2D eigenvalue weighted by Gasteiger charge is -2.05. The van der Waals surface area contributed by atoms with Crippen LogP contribution in [0.1, 0.15) is 17.1 Å². The number of aromatic amines is 1. The van der Waals surface area contributed by atoms with Gasteiger partial charge in [-0.25, -0.2) is 4.98 Å². The first-order valence-corrected chi connectivity index (χ1v) is 6.64. The van der Waals surface area contributed by atoms with Gasteiger partial charge in [-0.1, -0.05) is 6.07 Å². The van der Waals surface area contributed by atoms with Crippen molar-refractivity contribution in [2.45, 2.75) is 13.3 Å². The number of ether oxygens (including phenoxy) is 1. The van der Waals surface area contributed by atoms with Gasteiger partial charge in [0.15, 0.2) is 0 Å². The van der Waals surface area contributed by atoms with Crippen molar-refractivity contribution in [2.75, 3.05) is 7.11 Å². The highest BCUT2D eigenvalue weighted by molar-refractivity contribution is 5.79. The van der Waals surface area contributed by atoms with Crippen LogP contribution < -0.4 is 10.3 Å². The Bertz CT molecular complexity index is 838. The summed E-state index contributed by atoms with van der Waals surface area (Å²) >= 11 is 0. The Morgan fingerprint density at radius 2 is 2.10 bits per heavy atom. The molecule has 5 nitrogen and oxygen atoms in total. The highest BCUT2D eigenvalue weighted by atomic mass is 16.5. The zero-order valence-electron chi connectivity index (χ0n) is 11.9. The molecule has 0 aliphatic carbocycles. The molecular formula is C16H15N3O2. The molecule has 0 aliphatic rings. The van der Waals surface area contributed by atoms with Crippen molar-refractivity contribution >= 4 is 10.9 Å². The molecule has 0 radical (unpaired) electrons. The van der Waals surface area contributed by atoms with Crippen LogP contribution >= 0.6 is 0 Å². The third-order valence-corrected chi connectivity index (χ3v) is 3.31. The first kappa shape index (κ1) is 13.3. The summed E-state index contributed by atoms with van der Waals surface area (Å²) in [5.74, 6) is 1.27. The van der Waals surface area contributed by atoms with Gasteiger partial charge in [-0.3, -0.25) is 9.78 Å². The molecule has 0 bridgehead atoms. The number of nitrogens with one attached hydrogen (secondary N) is 1. The standard InChI is InChI=1S/C16H15N3O2/c1-10-3-4-11(9-17-10)7-15-18-14-6-5-12(21-2)8-13(14)16(20)19-15/h3-6,8-9H,7H2,1-2H3,(H,18,19,20). The topological polar surface area (TPSA) is 67.9 Å². The fourth-order valence-electron chi connectivity index (χ4n) is 2.17. The Morgan fingerprint density at radius 3 is 2.81 bits per heavy atom. The molecule has 2 heterocycles. The summed E-state index contributed by atoms with van der Waals surface area (Å²) < 4.78 is 5.13. The number of aryl methyl sites for hydroxylation is 1. The fraction of sp³-hybridized carbons (Fsp3) is 0.188. The summed E-state index contributed by atoms with van der Waals surface area (Å²) in [5.41, 5.74) is 2.48. The van der Waals surface area contributed by atoms with E-state index in [1.807, 2.05) is 19.1 Å². The fourth-order valence-corrected chi connectivity index (χ4v) is 2.17. The lowest BCUT2D eigenvalue weighted by atomic mass is 10.1. The number of benzene rings is 1. The van der Waals surface area contributed by atoms with Crippen molar-refractivity contribution in [3.05, 3.63) is 64.0 Å². The number of hydrogen-bond acceptors (Lipinski definition) is 4. The van der Waals surface area contributed by atoms with E-state index in [0.717, 1.165) is 11.3 Å². The molecule has 0 fully saturated rings. The molecule has 2 aromatic heterocycles. The maximum absolute atomic E-state index is 12.1. The minimum absolute atomic E-state index is 0.158. The molecule has 0 amide bonds. The number of H-pyrrole nitrogens is 1. The number of aromatic nitrogens is 3. The van der Waals surface area contributed by atoms with Gasteiger partial charge in [-0.2, -0.15) is 0 Å². The maximum Gasteiger partial charge on any atom is 0.258 e. The lowest BCUT2D eigenvalue weighted by Crippen LogP contribution is -2.12. The minimum atomic E-state index is -0.158. The van der Waals surface area contributed by atoms with Gasteiger partial charge in [-0.15, -0.1) is 0 Å². The Hall–Kier alpha value is -2.69. The van der Waals surface area contributed by atoms with Crippen LogP contribution in [0.25, 0.3) is 10.9 Å². The molecule has 0 unspecified atom stereocenters. The van der Waals surface area contributed by atoms with Crippen LogP contribution in [0, 0.1) is 6.92 Å². The summed E-state index contributed by atoms with van der Waals surface area (Å²) in [6, 6.07) is 9.21. The monoisotopic (exact) mass is 281 g/mol. The maximum atomic E-state index is 12.1. The van der Waals surface area contributed by atoms with Gasteiger partial charge in [0.1, 0.15) is 11.6 Å². The molecular weight excluding hydrogens is 266 g/mol. The van der Waals surface area contributed by atoms with E-state index in [1.165, 1.54) is 0 Å². The summed E-state index contributed by atoms with van der Waals surface area (Å²) in [7, 11) is 1.57. The van der Waals surface area contributed by atoms with Crippen molar-refractivity contribution in [1.82, 2.24) is 15.0 Å². The third kappa shape index (κ3) is 2.76. The van der Waals surface area contributed by atoms with Crippen molar-refractivity contribution in [3.8, 4) is 5.75 Å². The lowest BCUT2D eigenvalue weighted by molar-refractivity contribution is 0.415. The quantitative estimate of drug-likeness (QED) is 0.799. The van der Waals surface area contributed by atoms with E-state index in [9.17, 15) is 4.79 Å². The molecule has 3 aromatic rings. The van der Waals surface area contributed by atoms with E-state index in [2.05, 4.69) is 15.0 Å². The number of fused-ring (bicyclic) bond motifs is 1. The van der Waals surface area contributed by atoms with Crippen LogP contribution in [0.15, 0.2) is 41.3 Å². The minimum Gasteiger partial charge on any atom is -0.497 e. The first-order valence-electron chi connectivity index (χ1n) is 6.64. The SMILES string of the molecule is COc1ccc2nc(Cc3ccc(C)nc3)[nH]c(=O)c2c1. The average molecular weight is 281 g/mol. The zero-order valence-corrected chi connectivity index (χ0v) is 11.9. The predicted molar refractivity (Wildman–Crippen MR) is 80.7 cm³/mol. The van der Waals surface area contributed by atoms with Crippen LogP contribution in [-0.4, -0.2) is 22.1 Å². The van der Waals surface area contributed by atoms with E-state index < -0.39 is 0 Å². The largest absolute Gasteiger partial charge is 0.497 e. The second-order valence-electron chi connectivity index (χ2n) is 4.88. The molecule has 5 heteroatoms. The Labute approximate surface area is 121 Å². The Balaban J connectivity index is 2.00. The van der Waals surface area contributed by atoms with Crippen molar-refractivity contribution in [2.24, 2.45) is 0 Å². The molecule has 106 valence electrons. The number of hydrogen-bond donors (Lipinski definition) is 1. The molecule has 1 aromatic carbocycles. The van der Waals surface area contributed by atoms with Crippen LogP contribution in [0.4, 0.5) is 0 Å². The van der Waals surface area contributed by atoms with Gasteiger partial charge in [0.25, 0.3) is 5.56 Å². The first-order chi connectivity index (χ1) is 10.2. The van der Waals surface area contributed by atoms with Gasteiger partial charge in [0.05, 0.1) is 18.0 Å². The Morgan fingerprint density at radius 1 is 1.24 bits per heavy atom. The van der Waals surface area contributed by atoms with Crippen LogP contribution in [-0.2, 0) is 6.42 Å². The second kappa shape index (κ2) is 5.36. The number of pyridine rings is 1. The van der Waals surface area contributed by atoms with Crippen molar-refractivity contribution < 1.29 is 4.74 Å². The molecule has 0 atom stereocenters. The second-order valence-corrected chi connectivity index (χ2v) is 4.88. The summed E-state index contributed by atoms with van der Waals surface area (Å²) in [6.45, 7) is 1.94. The molecule has 1 N–H and O–H groups in total. The van der Waals surface area contributed by atoms with E-state index >= 15 is 0 Å². The highest BCUT2D eigenvalue weighted by Crippen LogP contribution is 2.16. The van der Waals surface area contributed by atoms with Gasteiger partial charge in [0.2, 0.25) is 0 Å². The van der Waals surface area contributed by atoms with E-state index in [-0.39, 0.29) is 5.56 Å². The number of methoxy groups -OCH3 is 1. The van der Waals surface area contributed by atoms with E-state index in [1.54, 1.807) is 31.5 Å². The van der Waals surface area contributed by atoms with Crippen LogP contribution in [0.2, 0.25) is 0 Å². The van der Waals surface area contributed by atoms with Crippen LogP contribution in [0.5, 0.6) is 5.75 Å². The number of rotatable bonds is 3. The summed E-state index contributed by atoms with van der Waals surface area (Å²) in [4.78, 5) is 23.7. The molecule has 3 rings (SSSR count). The van der Waals surface area contributed by atoms with Gasteiger partial charge < -0.3 is 9.72 Å². The van der Waals surface area contributed by atoms with E-state index in [4.69, 9.17) is 4.74 Å². The molecule has 0 saturated carbocycles. The normalized spacial score (nSPS) is 10.8. The van der Waals surface area contributed by atoms with Crippen LogP contribution in [0.3, 0.4) is 0 Å². The molecule has 0 aliphatic heterocycles. The average Bonchev–Trinajstić information content (AvgIpc) is 2.49. The number of nitrogens with zero attached hydrogens (tertiary/aromatic N) is 2. The molecule has 0 saturated heterocycles. The highest BCUT2D eigenvalue weighted by Gasteiger charge is 2.06. The Kier molecular flexibility index (Phi) is 3.39. The van der Waals surface area contributed by atoms with Crippen molar-refractivity contribution in [1.29, 1.82) is 0 Å². The van der Waals surface area contributed by atoms with Gasteiger partial charge in [-0.05, 0) is 36.8 Å². The summed E-state index contributed by atoms with van der Waals surface area (Å²) in [6.07, 6.45) is 2.35. The molecule has 21 heavy (non-hydrogen) atoms. The van der Waals surface area contributed by atoms with Crippen molar-refractivity contribution in [3.63, 3.8) is 0 Å². The summed E-state index contributed by atoms with van der Waals surface area (Å²) in [5, 5.41) is 0.528. The zero-order chi connectivity index (χ0) is 14.8. The van der Waals surface area contributed by atoms with Gasteiger partial charge >= 0.3 is 0 Å².